The Bertz CT molecular complexity index is 845. The SMILES string of the molecule is O=Nc1c(-c2cc(Cl)ccc2O)nc2c(CO)cccn12. The number of nitrogens with zero attached hydrogens (tertiary/aromatic N) is 3. The van der Waals surface area contributed by atoms with E-state index in [1.54, 1.807) is 18.3 Å². The smallest absolute Gasteiger partial charge is 0.209 e. The monoisotopic (exact) mass is 303 g/mol. The predicted molar refractivity (Wildman–Crippen MR) is 78.7 cm³/mol. The van der Waals surface area contributed by atoms with Crippen molar-refractivity contribution in [2.24, 2.45) is 5.18 Å². The van der Waals surface area contributed by atoms with Gasteiger partial charge < -0.3 is 10.2 Å². The lowest BCUT2D eigenvalue weighted by molar-refractivity contribution is 0.282. The highest BCUT2D eigenvalue weighted by Crippen LogP contribution is 2.37. The van der Waals surface area contributed by atoms with E-state index in [0.29, 0.717) is 21.8 Å². The first-order chi connectivity index (χ1) is 10.2. The van der Waals surface area contributed by atoms with Crippen LogP contribution in [-0.4, -0.2) is 19.6 Å². The van der Waals surface area contributed by atoms with Gasteiger partial charge in [0, 0.05) is 22.3 Å². The first-order valence-corrected chi connectivity index (χ1v) is 6.46. The summed E-state index contributed by atoms with van der Waals surface area (Å²) in [5, 5.41) is 22.7. The Morgan fingerprint density at radius 1 is 1.33 bits per heavy atom. The van der Waals surface area contributed by atoms with E-state index in [1.165, 1.54) is 22.6 Å². The van der Waals surface area contributed by atoms with Gasteiger partial charge in [-0.1, -0.05) is 17.7 Å². The fourth-order valence-electron chi connectivity index (χ4n) is 2.20. The van der Waals surface area contributed by atoms with Gasteiger partial charge in [-0.05, 0) is 29.4 Å². The minimum atomic E-state index is -0.222. The summed E-state index contributed by atoms with van der Waals surface area (Å²) in [6, 6.07) is 7.83. The van der Waals surface area contributed by atoms with Crippen molar-refractivity contribution in [3.05, 3.63) is 52.0 Å². The summed E-state index contributed by atoms with van der Waals surface area (Å²) < 4.78 is 1.47. The number of aromatic nitrogens is 2. The number of aromatic hydroxyl groups is 1. The van der Waals surface area contributed by atoms with Crippen LogP contribution < -0.4 is 0 Å². The van der Waals surface area contributed by atoms with Crippen LogP contribution in [0.4, 0.5) is 5.82 Å². The van der Waals surface area contributed by atoms with Crippen molar-refractivity contribution < 1.29 is 10.2 Å². The number of aliphatic hydroxyl groups is 1. The summed E-state index contributed by atoms with van der Waals surface area (Å²) in [5.41, 5.74) is 1.48. The molecule has 1 aromatic carbocycles. The van der Waals surface area contributed by atoms with E-state index in [4.69, 9.17) is 11.6 Å². The minimum absolute atomic E-state index is 0.0397. The Morgan fingerprint density at radius 2 is 2.14 bits per heavy atom. The number of halogens is 1. The molecule has 2 N–H and O–H groups in total. The maximum Gasteiger partial charge on any atom is 0.209 e. The van der Waals surface area contributed by atoms with Gasteiger partial charge >= 0.3 is 0 Å². The highest BCUT2D eigenvalue weighted by atomic mass is 35.5. The number of aliphatic hydroxyl groups excluding tert-OH is 1. The molecule has 0 aliphatic rings. The van der Waals surface area contributed by atoms with E-state index < -0.39 is 0 Å². The van der Waals surface area contributed by atoms with E-state index in [9.17, 15) is 15.1 Å². The second kappa shape index (κ2) is 5.16. The van der Waals surface area contributed by atoms with Crippen LogP contribution in [0.1, 0.15) is 5.56 Å². The van der Waals surface area contributed by atoms with E-state index in [-0.39, 0.29) is 23.9 Å². The number of hydrogen-bond donors (Lipinski definition) is 2. The predicted octanol–water partition coefficient (Wildman–Crippen LogP) is 3.25. The van der Waals surface area contributed by atoms with Crippen molar-refractivity contribution in [2.45, 2.75) is 6.61 Å². The highest BCUT2D eigenvalue weighted by Gasteiger charge is 2.19. The van der Waals surface area contributed by atoms with E-state index in [1.807, 2.05) is 0 Å². The third-order valence-electron chi connectivity index (χ3n) is 3.18. The molecule has 7 heteroatoms. The maximum atomic E-state index is 11.2. The lowest BCUT2D eigenvalue weighted by Crippen LogP contribution is -1.90. The van der Waals surface area contributed by atoms with Gasteiger partial charge in [-0.25, -0.2) is 4.98 Å². The molecule has 106 valence electrons. The van der Waals surface area contributed by atoms with Crippen LogP contribution in [0.25, 0.3) is 16.9 Å². The molecule has 0 aliphatic heterocycles. The third-order valence-corrected chi connectivity index (χ3v) is 3.41. The first-order valence-electron chi connectivity index (χ1n) is 6.08. The molecule has 0 bridgehead atoms. The number of nitroso groups, excluding NO2 is 1. The summed E-state index contributed by atoms with van der Waals surface area (Å²) >= 11 is 5.93. The standard InChI is InChI=1S/C14H10ClN3O3/c15-9-3-4-11(20)10(6-9)12-14(17-21)18-5-1-2-8(7-19)13(18)16-12/h1-6,19-20H,7H2. The Labute approximate surface area is 124 Å². The molecule has 0 aliphatic carbocycles. The molecule has 0 fully saturated rings. The number of imidazole rings is 1. The number of phenolic OH excluding ortho intramolecular Hbond substituents is 1. The summed E-state index contributed by atoms with van der Waals surface area (Å²) in [6.07, 6.45) is 1.61. The Balaban J connectivity index is 2.37. The maximum absolute atomic E-state index is 11.2. The zero-order valence-corrected chi connectivity index (χ0v) is 11.4. The van der Waals surface area contributed by atoms with Crippen molar-refractivity contribution in [2.75, 3.05) is 0 Å². The van der Waals surface area contributed by atoms with Gasteiger partial charge in [0.2, 0.25) is 5.82 Å². The van der Waals surface area contributed by atoms with Crippen molar-refractivity contribution in [1.82, 2.24) is 9.38 Å². The molecule has 0 spiro atoms. The topological polar surface area (TPSA) is 87.2 Å². The molecule has 0 amide bonds. The molecule has 0 saturated carbocycles. The number of phenols is 1. The molecule has 6 nitrogen and oxygen atoms in total. The quantitative estimate of drug-likeness (QED) is 0.727. The average molecular weight is 304 g/mol. The summed E-state index contributed by atoms with van der Waals surface area (Å²) in [4.78, 5) is 15.5. The molecule has 0 atom stereocenters. The van der Waals surface area contributed by atoms with Crippen molar-refractivity contribution in [3.63, 3.8) is 0 Å². The molecular formula is C14H10ClN3O3. The third kappa shape index (κ3) is 2.14. The van der Waals surface area contributed by atoms with Crippen LogP contribution in [0.15, 0.2) is 41.7 Å². The lowest BCUT2D eigenvalue weighted by Gasteiger charge is -2.02. The summed E-state index contributed by atoms with van der Waals surface area (Å²) in [6.45, 7) is -0.222. The molecule has 3 aromatic rings. The average Bonchev–Trinajstić information content (AvgIpc) is 2.87. The fraction of sp³-hybridized carbons (Fsp3) is 0.0714. The zero-order chi connectivity index (χ0) is 15.0. The number of pyridine rings is 1. The van der Waals surface area contributed by atoms with E-state index >= 15 is 0 Å². The van der Waals surface area contributed by atoms with Gasteiger partial charge in [0.25, 0.3) is 0 Å². The number of rotatable bonds is 3. The Morgan fingerprint density at radius 3 is 2.86 bits per heavy atom. The summed E-state index contributed by atoms with van der Waals surface area (Å²) in [7, 11) is 0. The second-order valence-corrected chi connectivity index (χ2v) is 4.86. The highest BCUT2D eigenvalue weighted by molar-refractivity contribution is 6.31. The van der Waals surface area contributed by atoms with Gasteiger partial charge in [-0.3, -0.25) is 4.40 Å². The first kappa shape index (κ1) is 13.5. The normalized spacial score (nSPS) is 11.0. The van der Waals surface area contributed by atoms with Gasteiger partial charge in [-0.15, -0.1) is 4.91 Å². The van der Waals surface area contributed by atoms with E-state index in [0.717, 1.165) is 0 Å². The number of hydrogen-bond acceptors (Lipinski definition) is 5. The van der Waals surface area contributed by atoms with Crippen LogP contribution in [0, 0.1) is 4.91 Å². The van der Waals surface area contributed by atoms with Gasteiger partial charge in [0.05, 0.1) is 6.61 Å². The van der Waals surface area contributed by atoms with Crippen LogP contribution in [0.5, 0.6) is 5.75 Å². The van der Waals surface area contributed by atoms with Crippen LogP contribution in [0.3, 0.4) is 0 Å². The van der Waals surface area contributed by atoms with E-state index in [2.05, 4.69) is 10.2 Å². The lowest BCUT2D eigenvalue weighted by atomic mass is 10.1. The van der Waals surface area contributed by atoms with Crippen molar-refractivity contribution >= 4 is 23.1 Å². The molecule has 0 radical (unpaired) electrons. The second-order valence-electron chi connectivity index (χ2n) is 4.42. The van der Waals surface area contributed by atoms with Crippen LogP contribution in [0.2, 0.25) is 5.02 Å². The molecule has 0 unspecified atom stereocenters. The molecule has 2 heterocycles. The van der Waals surface area contributed by atoms with Gasteiger partial charge in [0.15, 0.2) is 0 Å². The molecule has 3 rings (SSSR count). The molecule has 21 heavy (non-hydrogen) atoms. The Kier molecular flexibility index (Phi) is 3.32. The molecular weight excluding hydrogens is 294 g/mol. The number of fused-ring (bicyclic) bond motifs is 1. The molecule has 0 saturated heterocycles. The molecule has 2 aromatic heterocycles. The zero-order valence-electron chi connectivity index (χ0n) is 10.7. The van der Waals surface area contributed by atoms with Gasteiger partial charge in [0.1, 0.15) is 17.1 Å². The van der Waals surface area contributed by atoms with Crippen molar-refractivity contribution in [3.8, 4) is 17.0 Å². The fourth-order valence-corrected chi connectivity index (χ4v) is 2.37. The largest absolute Gasteiger partial charge is 0.507 e. The van der Waals surface area contributed by atoms with Crippen LogP contribution >= 0.6 is 11.6 Å². The van der Waals surface area contributed by atoms with Crippen molar-refractivity contribution in [1.29, 1.82) is 0 Å². The summed E-state index contributed by atoms with van der Waals surface area (Å²) in [5.74, 6) is -0.0175. The van der Waals surface area contributed by atoms with Gasteiger partial charge in [-0.2, -0.15) is 0 Å². The minimum Gasteiger partial charge on any atom is -0.507 e. The number of benzene rings is 1. The van der Waals surface area contributed by atoms with Crippen LogP contribution in [-0.2, 0) is 6.61 Å². The Hall–Kier alpha value is -2.44.